The topological polar surface area (TPSA) is 75.6 Å². The van der Waals surface area contributed by atoms with Crippen LogP contribution in [-0.4, -0.2) is 54.3 Å². The maximum absolute atomic E-state index is 12.9. The lowest BCUT2D eigenvalue weighted by atomic mass is 9.44. The average Bonchev–Trinajstić information content (AvgIpc) is 3.25. The van der Waals surface area contributed by atoms with E-state index in [1.165, 1.54) is 0 Å². The van der Waals surface area contributed by atoms with E-state index >= 15 is 0 Å². The second-order valence-corrected chi connectivity index (χ2v) is 14.9. The van der Waals surface area contributed by atoms with E-state index in [2.05, 4.69) is 19.2 Å². The van der Waals surface area contributed by atoms with E-state index < -0.39 is 24.9 Å². The van der Waals surface area contributed by atoms with E-state index in [0.29, 0.717) is 55.3 Å². The Morgan fingerprint density at radius 1 is 0.932 bits per heavy atom. The van der Waals surface area contributed by atoms with Gasteiger partial charge in [0.25, 0.3) is 0 Å². The van der Waals surface area contributed by atoms with Crippen LogP contribution in [0.5, 0.6) is 0 Å². The van der Waals surface area contributed by atoms with Crippen LogP contribution in [0.25, 0.3) is 0 Å². The van der Waals surface area contributed by atoms with Gasteiger partial charge in [0, 0.05) is 38.8 Å². The largest absolute Gasteiger partial charge is 0.453 e. The monoisotopic (exact) mass is 635 g/mol. The summed E-state index contributed by atoms with van der Waals surface area (Å²) in [6.07, 6.45) is 6.98. The molecule has 4 aliphatic rings. The van der Waals surface area contributed by atoms with Crippen molar-refractivity contribution in [3.05, 3.63) is 0 Å². The van der Waals surface area contributed by atoms with Crippen LogP contribution >= 0.6 is 0 Å². The molecule has 254 valence electrons. The van der Waals surface area contributed by atoms with Gasteiger partial charge in [-0.3, -0.25) is 9.59 Å². The van der Waals surface area contributed by atoms with Gasteiger partial charge < -0.3 is 15.2 Å². The van der Waals surface area contributed by atoms with Gasteiger partial charge in [0.15, 0.2) is 0 Å². The van der Waals surface area contributed by atoms with Crippen LogP contribution in [0.3, 0.4) is 0 Å². The number of fused-ring (bicyclic) bond motifs is 5. The van der Waals surface area contributed by atoms with Crippen LogP contribution in [0.15, 0.2) is 0 Å². The smallest absolute Gasteiger partial charge is 0.393 e. The van der Waals surface area contributed by atoms with E-state index in [-0.39, 0.29) is 41.9 Å². The molecule has 8 atom stereocenters. The molecule has 0 bridgehead atoms. The zero-order chi connectivity index (χ0) is 32.2. The number of aliphatic hydroxyl groups excluding tert-OH is 1. The first-order valence-corrected chi connectivity index (χ1v) is 17.2. The van der Waals surface area contributed by atoms with E-state index in [9.17, 15) is 36.6 Å². The number of nitrogens with one attached hydrogen (secondary N) is 1. The maximum atomic E-state index is 12.9. The van der Waals surface area contributed by atoms with Crippen LogP contribution in [-0.2, 0) is 14.3 Å². The molecule has 1 amide bonds. The Bertz CT molecular complexity index is 976. The standard InChI is InChI=1S/C34H54F5NO4/c1-31-18-16-24(41)21-23(31)12-13-25-26-14-15-28(42)32(26,2)22-27(30(25)31)44-20-9-7-5-3-4-6-8-11-29(43)40-19-10-17-33(35,36)34(37,38)39/h23,25-28,30,42H,3-22H2,1-2H3,(H,40,43)/t23-,25-,26-,27-,28-,30+,31-,32-/m0/s1. The number of carbonyl (C=O) groups excluding carboxylic acids is 2. The summed E-state index contributed by atoms with van der Waals surface area (Å²) in [7, 11) is 0. The quantitative estimate of drug-likeness (QED) is 0.141. The van der Waals surface area contributed by atoms with E-state index in [4.69, 9.17) is 4.74 Å². The molecule has 44 heavy (non-hydrogen) atoms. The number of alkyl halides is 5. The lowest BCUT2D eigenvalue weighted by Crippen LogP contribution is -2.60. The first-order valence-electron chi connectivity index (χ1n) is 17.2. The molecule has 0 aromatic carbocycles. The Kier molecular flexibility index (Phi) is 11.8. The van der Waals surface area contributed by atoms with Crippen LogP contribution < -0.4 is 5.32 Å². The zero-order valence-corrected chi connectivity index (χ0v) is 26.7. The van der Waals surface area contributed by atoms with Gasteiger partial charge in [0.05, 0.1) is 12.2 Å². The lowest BCUT2D eigenvalue weighted by molar-refractivity contribution is -0.284. The van der Waals surface area contributed by atoms with Crippen molar-refractivity contribution in [3.8, 4) is 0 Å². The fourth-order valence-corrected chi connectivity index (χ4v) is 9.54. The fraction of sp³-hybridized carbons (Fsp3) is 0.941. The summed E-state index contributed by atoms with van der Waals surface area (Å²) in [5.41, 5.74) is 0.0489. The van der Waals surface area contributed by atoms with Crippen molar-refractivity contribution in [1.29, 1.82) is 0 Å². The summed E-state index contributed by atoms with van der Waals surface area (Å²) in [4.78, 5) is 24.2. The summed E-state index contributed by atoms with van der Waals surface area (Å²) in [6.45, 7) is 5.23. The van der Waals surface area contributed by atoms with Crippen molar-refractivity contribution < 1.29 is 41.4 Å². The predicted octanol–water partition coefficient (Wildman–Crippen LogP) is 8.17. The van der Waals surface area contributed by atoms with Crippen molar-refractivity contribution in [3.63, 3.8) is 0 Å². The summed E-state index contributed by atoms with van der Waals surface area (Å²) >= 11 is 0. The van der Waals surface area contributed by atoms with Crippen molar-refractivity contribution in [1.82, 2.24) is 5.32 Å². The third-order valence-corrected chi connectivity index (χ3v) is 12.1. The lowest BCUT2D eigenvalue weighted by Gasteiger charge is -2.62. The van der Waals surface area contributed by atoms with Gasteiger partial charge >= 0.3 is 12.1 Å². The molecule has 2 N–H and O–H groups in total. The molecule has 0 aromatic heterocycles. The predicted molar refractivity (Wildman–Crippen MR) is 158 cm³/mol. The van der Waals surface area contributed by atoms with E-state index in [1.54, 1.807) is 0 Å². The molecule has 10 heteroatoms. The first kappa shape index (κ1) is 35.6. The van der Waals surface area contributed by atoms with Crippen LogP contribution in [0, 0.1) is 34.5 Å². The molecule has 4 aliphatic carbocycles. The molecule has 5 nitrogen and oxygen atoms in total. The first-order chi connectivity index (χ1) is 20.7. The number of hydrogen-bond acceptors (Lipinski definition) is 4. The number of ether oxygens (including phenoxy) is 1. The SMILES string of the molecule is C[C@]12CCC(=O)C[C@@H]1CC[C@@H]1[C@@H]2[C@@H](OCCCCCCCCCC(=O)NCCCC(F)(F)C(F)(F)F)C[C@]2(C)[C@@H](O)CC[C@@H]12. The fourth-order valence-electron chi connectivity index (χ4n) is 9.54. The van der Waals surface area contributed by atoms with Crippen LogP contribution in [0.1, 0.15) is 129 Å². The Morgan fingerprint density at radius 3 is 2.32 bits per heavy atom. The van der Waals surface area contributed by atoms with Gasteiger partial charge in [-0.05, 0) is 92.3 Å². The molecule has 0 aliphatic heterocycles. The molecular weight excluding hydrogens is 581 g/mol. The van der Waals surface area contributed by atoms with Gasteiger partial charge in [-0.25, -0.2) is 0 Å². The third kappa shape index (κ3) is 7.98. The van der Waals surface area contributed by atoms with Gasteiger partial charge in [0.2, 0.25) is 5.91 Å². The highest BCUT2D eigenvalue weighted by atomic mass is 19.4. The number of unbranched alkanes of at least 4 members (excludes halogenated alkanes) is 6. The normalized spacial score (nSPS) is 35.6. The Morgan fingerprint density at radius 2 is 1.61 bits per heavy atom. The van der Waals surface area contributed by atoms with Crippen molar-refractivity contribution in [2.45, 2.75) is 154 Å². The van der Waals surface area contributed by atoms with Gasteiger partial charge in [-0.2, -0.15) is 22.0 Å². The highest BCUT2D eigenvalue weighted by Crippen LogP contribution is 2.66. The summed E-state index contributed by atoms with van der Waals surface area (Å²) in [6, 6.07) is 0. The van der Waals surface area contributed by atoms with Crippen LogP contribution in [0.2, 0.25) is 0 Å². The highest BCUT2D eigenvalue weighted by molar-refractivity contribution is 5.79. The molecule has 0 saturated heterocycles. The molecule has 4 saturated carbocycles. The van der Waals surface area contributed by atoms with E-state index in [0.717, 1.165) is 77.0 Å². The molecule has 0 aromatic rings. The molecular formula is C34H54F5NO4. The van der Waals surface area contributed by atoms with Crippen LogP contribution in [0.4, 0.5) is 22.0 Å². The van der Waals surface area contributed by atoms with Crippen molar-refractivity contribution in [2.75, 3.05) is 13.2 Å². The number of ketones is 1. The van der Waals surface area contributed by atoms with Crippen molar-refractivity contribution >= 4 is 11.7 Å². The second-order valence-electron chi connectivity index (χ2n) is 14.9. The number of halogens is 5. The molecule has 0 heterocycles. The minimum absolute atomic E-state index is 0.0851. The highest BCUT2D eigenvalue weighted by Gasteiger charge is 2.63. The number of hydrogen-bond donors (Lipinski definition) is 2. The average molecular weight is 636 g/mol. The van der Waals surface area contributed by atoms with Gasteiger partial charge in [0.1, 0.15) is 5.78 Å². The molecule has 0 unspecified atom stereocenters. The number of rotatable bonds is 15. The Labute approximate surface area is 259 Å². The summed E-state index contributed by atoms with van der Waals surface area (Å²) in [5.74, 6) is -2.61. The number of Topliss-reactive ketones (excluding diaryl/α,β-unsaturated/α-hetero) is 1. The molecule has 0 spiro atoms. The minimum atomic E-state index is -5.55. The summed E-state index contributed by atoms with van der Waals surface area (Å²) in [5, 5.41) is 13.4. The van der Waals surface area contributed by atoms with Gasteiger partial charge in [-0.15, -0.1) is 0 Å². The second kappa shape index (κ2) is 14.6. The maximum Gasteiger partial charge on any atom is 0.453 e. The minimum Gasteiger partial charge on any atom is -0.393 e. The zero-order valence-electron chi connectivity index (χ0n) is 26.7. The van der Waals surface area contributed by atoms with Crippen molar-refractivity contribution in [2.24, 2.45) is 34.5 Å². The molecule has 4 rings (SSSR count). The Hall–Kier alpha value is -1.29. The number of carbonyl (C=O) groups is 2. The van der Waals surface area contributed by atoms with Gasteiger partial charge in [-0.1, -0.05) is 46.0 Å². The number of aliphatic hydroxyl groups is 1. The third-order valence-electron chi connectivity index (χ3n) is 12.1. The number of amides is 1. The summed E-state index contributed by atoms with van der Waals surface area (Å²) < 4.78 is 69.1. The van der Waals surface area contributed by atoms with E-state index in [1.807, 2.05) is 0 Å². The molecule has 4 fully saturated rings. The molecule has 0 radical (unpaired) electrons. The Balaban J connectivity index is 1.11.